The average Bonchev–Trinajstić information content (AvgIpc) is 3.21. The Balaban J connectivity index is 1.72. The Hall–Kier alpha value is -3.93. The predicted molar refractivity (Wildman–Crippen MR) is 115 cm³/mol. The third-order valence-electron chi connectivity index (χ3n) is 5.36. The van der Waals surface area contributed by atoms with Crippen LogP contribution in [0.3, 0.4) is 0 Å². The lowest BCUT2D eigenvalue weighted by atomic mass is 10.0. The number of nitrogens with zero attached hydrogens (tertiary/aromatic N) is 2. The quantitative estimate of drug-likeness (QED) is 0.471. The number of benzene rings is 2. The van der Waals surface area contributed by atoms with Gasteiger partial charge in [-0.15, -0.1) is 0 Å². The van der Waals surface area contributed by atoms with Crippen molar-refractivity contribution in [1.82, 2.24) is 9.30 Å². The summed E-state index contributed by atoms with van der Waals surface area (Å²) in [5.41, 5.74) is 3.07. The third kappa shape index (κ3) is 4.33. The van der Waals surface area contributed by atoms with Crippen LogP contribution in [0.2, 0.25) is 0 Å². The molecule has 4 rings (SSSR count). The molecule has 1 N–H and O–H groups in total. The number of halogens is 1. The van der Waals surface area contributed by atoms with Crippen molar-refractivity contribution in [2.75, 3.05) is 0 Å². The molecule has 2 aromatic carbocycles. The summed E-state index contributed by atoms with van der Waals surface area (Å²) in [7, 11) is 0. The Morgan fingerprint density at radius 2 is 1.77 bits per heavy atom. The number of carbonyl (C=O) groups is 2. The van der Waals surface area contributed by atoms with Crippen LogP contribution >= 0.6 is 0 Å². The van der Waals surface area contributed by atoms with Crippen LogP contribution in [0.25, 0.3) is 5.52 Å². The van der Waals surface area contributed by atoms with Gasteiger partial charge in [0.25, 0.3) is 5.91 Å². The topological polar surface area (TPSA) is 62.0 Å². The molecule has 0 fully saturated rings. The van der Waals surface area contributed by atoms with Crippen molar-refractivity contribution in [3.8, 4) is 0 Å². The molecule has 31 heavy (non-hydrogen) atoms. The van der Waals surface area contributed by atoms with Gasteiger partial charge >= 0.3 is 5.97 Å². The van der Waals surface area contributed by atoms with Crippen molar-refractivity contribution < 1.29 is 19.1 Å². The first-order valence-electron chi connectivity index (χ1n) is 9.88. The monoisotopic (exact) mass is 416 g/mol. The number of aromatic carboxylic acids is 1. The third-order valence-corrected chi connectivity index (χ3v) is 5.36. The molecule has 0 bridgehead atoms. The SMILES string of the molecule is C[C@H](c1ccc(F)cc1)N(Cc1cccc(C(=O)O)c1)C(=O)c1cc2ccccn2c1. The van der Waals surface area contributed by atoms with Gasteiger partial charge in [0.05, 0.1) is 17.2 Å². The maximum atomic E-state index is 13.5. The molecule has 0 spiro atoms. The van der Waals surface area contributed by atoms with E-state index in [-0.39, 0.29) is 29.9 Å². The highest BCUT2D eigenvalue weighted by atomic mass is 19.1. The fourth-order valence-electron chi connectivity index (χ4n) is 3.64. The Morgan fingerprint density at radius 1 is 1.00 bits per heavy atom. The highest BCUT2D eigenvalue weighted by Gasteiger charge is 2.24. The highest BCUT2D eigenvalue weighted by Crippen LogP contribution is 2.26. The largest absolute Gasteiger partial charge is 0.478 e. The summed E-state index contributed by atoms with van der Waals surface area (Å²) in [5, 5.41) is 9.31. The molecule has 2 aromatic heterocycles. The van der Waals surface area contributed by atoms with Crippen LogP contribution in [-0.4, -0.2) is 26.3 Å². The molecule has 1 atom stereocenters. The minimum atomic E-state index is -1.02. The Labute approximate surface area is 179 Å². The zero-order valence-electron chi connectivity index (χ0n) is 16.9. The molecule has 6 heteroatoms. The summed E-state index contributed by atoms with van der Waals surface area (Å²) in [6.07, 6.45) is 3.64. The van der Waals surface area contributed by atoms with E-state index >= 15 is 0 Å². The zero-order valence-corrected chi connectivity index (χ0v) is 16.9. The van der Waals surface area contributed by atoms with Crippen molar-refractivity contribution in [2.45, 2.75) is 19.5 Å². The van der Waals surface area contributed by atoms with Gasteiger partial charge in [0.15, 0.2) is 0 Å². The summed E-state index contributed by atoms with van der Waals surface area (Å²) in [6, 6.07) is 19.8. The van der Waals surface area contributed by atoms with E-state index in [2.05, 4.69) is 0 Å². The van der Waals surface area contributed by atoms with E-state index in [0.717, 1.165) is 11.1 Å². The van der Waals surface area contributed by atoms with Crippen LogP contribution in [0.5, 0.6) is 0 Å². The normalized spacial score (nSPS) is 11.9. The molecular formula is C25H21FN2O3. The number of fused-ring (bicyclic) bond motifs is 1. The Kier molecular flexibility index (Phi) is 5.54. The molecule has 1 amide bonds. The second-order valence-electron chi connectivity index (χ2n) is 7.43. The Bertz CT molecular complexity index is 1210. The minimum Gasteiger partial charge on any atom is -0.478 e. The highest BCUT2D eigenvalue weighted by molar-refractivity contribution is 5.96. The standard InChI is InChI=1S/C25H21FN2O3/c1-17(19-8-10-22(26)11-9-19)28(15-18-5-4-6-20(13-18)25(30)31)24(29)21-14-23-7-2-3-12-27(23)16-21/h2-14,16-17H,15H2,1H3,(H,30,31)/t17-/m1/s1. The van der Waals surface area contributed by atoms with Crippen LogP contribution < -0.4 is 0 Å². The van der Waals surface area contributed by atoms with E-state index in [4.69, 9.17) is 0 Å². The fourth-order valence-corrected chi connectivity index (χ4v) is 3.64. The Morgan fingerprint density at radius 3 is 2.48 bits per heavy atom. The lowest BCUT2D eigenvalue weighted by molar-refractivity contribution is 0.0674. The zero-order chi connectivity index (χ0) is 22.0. The number of carboxylic acid groups (broad SMARTS) is 1. The lowest BCUT2D eigenvalue weighted by Crippen LogP contribution is -2.33. The predicted octanol–water partition coefficient (Wildman–Crippen LogP) is 5.18. The van der Waals surface area contributed by atoms with E-state index < -0.39 is 5.97 Å². The van der Waals surface area contributed by atoms with Gasteiger partial charge in [-0.25, -0.2) is 9.18 Å². The van der Waals surface area contributed by atoms with Gasteiger partial charge in [-0.3, -0.25) is 4.79 Å². The first kappa shape index (κ1) is 20.3. The van der Waals surface area contributed by atoms with Gasteiger partial charge < -0.3 is 14.4 Å². The van der Waals surface area contributed by atoms with Gasteiger partial charge in [0.2, 0.25) is 0 Å². The summed E-state index contributed by atoms with van der Waals surface area (Å²) in [5.74, 6) is -1.56. The molecule has 0 radical (unpaired) electrons. The molecule has 0 aliphatic carbocycles. The number of amides is 1. The first-order valence-corrected chi connectivity index (χ1v) is 9.88. The number of hydrogen-bond acceptors (Lipinski definition) is 2. The smallest absolute Gasteiger partial charge is 0.335 e. The number of aromatic nitrogens is 1. The number of rotatable bonds is 6. The number of pyridine rings is 1. The van der Waals surface area contributed by atoms with Gasteiger partial charge in [-0.2, -0.15) is 0 Å². The van der Waals surface area contributed by atoms with Gasteiger partial charge in [-0.05, 0) is 60.5 Å². The van der Waals surface area contributed by atoms with Gasteiger partial charge in [0.1, 0.15) is 5.82 Å². The summed E-state index contributed by atoms with van der Waals surface area (Å²) in [4.78, 5) is 26.6. The van der Waals surface area contributed by atoms with Gasteiger partial charge in [0, 0.05) is 24.5 Å². The molecule has 2 heterocycles. The van der Waals surface area contributed by atoms with Gasteiger partial charge in [-0.1, -0.05) is 30.3 Å². The van der Waals surface area contributed by atoms with Crippen LogP contribution in [0, 0.1) is 5.82 Å². The first-order chi connectivity index (χ1) is 14.9. The molecule has 0 saturated heterocycles. The van der Waals surface area contributed by atoms with E-state index in [1.54, 1.807) is 41.4 Å². The van der Waals surface area contributed by atoms with E-state index in [1.807, 2.05) is 41.8 Å². The van der Waals surface area contributed by atoms with E-state index in [0.29, 0.717) is 11.1 Å². The molecule has 0 unspecified atom stereocenters. The second-order valence-corrected chi connectivity index (χ2v) is 7.43. The lowest BCUT2D eigenvalue weighted by Gasteiger charge is -2.30. The second kappa shape index (κ2) is 8.44. The van der Waals surface area contributed by atoms with Crippen molar-refractivity contribution in [3.05, 3.63) is 113 Å². The van der Waals surface area contributed by atoms with E-state index in [1.165, 1.54) is 18.2 Å². The number of carboxylic acids is 1. The van der Waals surface area contributed by atoms with Crippen molar-refractivity contribution in [1.29, 1.82) is 0 Å². The maximum Gasteiger partial charge on any atom is 0.335 e. The number of carbonyl (C=O) groups excluding carboxylic acids is 1. The van der Waals surface area contributed by atoms with Crippen LogP contribution in [0.1, 0.15) is 44.8 Å². The van der Waals surface area contributed by atoms with Crippen molar-refractivity contribution in [3.63, 3.8) is 0 Å². The maximum absolute atomic E-state index is 13.5. The molecule has 4 aromatic rings. The molecular weight excluding hydrogens is 395 g/mol. The number of hydrogen-bond donors (Lipinski definition) is 1. The minimum absolute atomic E-state index is 0.161. The molecule has 5 nitrogen and oxygen atoms in total. The molecule has 156 valence electrons. The fraction of sp³-hybridized carbons (Fsp3) is 0.120. The summed E-state index contributed by atoms with van der Waals surface area (Å²) < 4.78 is 15.3. The van der Waals surface area contributed by atoms with Crippen LogP contribution in [0.15, 0.2) is 85.2 Å². The van der Waals surface area contributed by atoms with Crippen molar-refractivity contribution >= 4 is 17.4 Å². The average molecular weight is 416 g/mol. The molecule has 0 aliphatic heterocycles. The van der Waals surface area contributed by atoms with E-state index in [9.17, 15) is 19.1 Å². The molecule has 0 aliphatic rings. The summed E-state index contributed by atoms with van der Waals surface area (Å²) >= 11 is 0. The van der Waals surface area contributed by atoms with Crippen LogP contribution in [-0.2, 0) is 6.54 Å². The van der Waals surface area contributed by atoms with Crippen molar-refractivity contribution in [2.24, 2.45) is 0 Å². The summed E-state index contributed by atoms with van der Waals surface area (Å²) in [6.45, 7) is 2.09. The van der Waals surface area contributed by atoms with Crippen LogP contribution in [0.4, 0.5) is 4.39 Å². The molecule has 0 saturated carbocycles.